The number of hydrogen-bond donors (Lipinski definition) is 1. The van der Waals surface area contributed by atoms with Gasteiger partial charge in [-0.2, -0.15) is 0 Å². The molecular weight excluding hydrogens is 382 g/mol. The first kappa shape index (κ1) is 21.2. The van der Waals surface area contributed by atoms with Crippen LogP contribution in [0.2, 0.25) is 0 Å². The molecule has 3 aromatic carbocycles. The summed E-state index contributed by atoms with van der Waals surface area (Å²) in [6, 6.07) is 24.4. The average molecular weight is 414 g/mol. The topological polar surface area (TPSA) is 38.3 Å². The minimum Gasteiger partial charge on any atom is -0.481 e. The van der Waals surface area contributed by atoms with Crippen molar-refractivity contribution in [3.8, 4) is 5.75 Å². The third-order valence-corrected chi connectivity index (χ3v) is 6.18. The highest BCUT2D eigenvalue weighted by atomic mass is 16.5. The van der Waals surface area contributed by atoms with E-state index in [9.17, 15) is 4.79 Å². The van der Waals surface area contributed by atoms with Crippen molar-refractivity contribution in [2.24, 2.45) is 0 Å². The Kier molecular flexibility index (Phi) is 6.71. The predicted octanol–water partition coefficient (Wildman–Crippen LogP) is 5.94. The van der Waals surface area contributed by atoms with E-state index in [1.807, 2.05) is 43.3 Å². The second-order valence-electron chi connectivity index (χ2n) is 8.36. The molecule has 31 heavy (non-hydrogen) atoms. The average Bonchev–Trinajstić information content (AvgIpc) is 2.82. The molecule has 0 aromatic heterocycles. The van der Waals surface area contributed by atoms with Gasteiger partial charge >= 0.3 is 0 Å². The van der Waals surface area contributed by atoms with Gasteiger partial charge in [0.1, 0.15) is 5.75 Å². The molecule has 160 valence electrons. The van der Waals surface area contributed by atoms with Gasteiger partial charge < -0.3 is 10.1 Å². The Labute approximate surface area is 185 Å². The van der Waals surface area contributed by atoms with Gasteiger partial charge in [-0.25, -0.2) is 0 Å². The molecule has 0 radical (unpaired) electrons. The molecule has 0 fully saturated rings. The largest absolute Gasteiger partial charge is 0.481 e. The number of carbonyl (C=O) groups is 1. The van der Waals surface area contributed by atoms with Gasteiger partial charge in [0.05, 0.1) is 6.04 Å². The van der Waals surface area contributed by atoms with E-state index in [1.54, 1.807) is 0 Å². The molecule has 1 aliphatic carbocycles. The quantitative estimate of drug-likeness (QED) is 0.521. The maximum atomic E-state index is 13.3. The first-order valence-corrected chi connectivity index (χ1v) is 11.3. The molecule has 0 aliphatic heterocycles. The highest BCUT2D eigenvalue weighted by Gasteiger charge is 2.25. The van der Waals surface area contributed by atoms with E-state index in [4.69, 9.17) is 4.74 Å². The van der Waals surface area contributed by atoms with Crippen LogP contribution in [-0.2, 0) is 17.6 Å². The number of nitrogens with one attached hydrogen (secondary N) is 1. The monoisotopic (exact) mass is 413 g/mol. The molecule has 3 aromatic rings. The van der Waals surface area contributed by atoms with Crippen molar-refractivity contribution in [2.75, 3.05) is 0 Å². The van der Waals surface area contributed by atoms with Gasteiger partial charge in [-0.15, -0.1) is 0 Å². The molecule has 1 amide bonds. The van der Waals surface area contributed by atoms with Gasteiger partial charge in [0, 0.05) is 0 Å². The Hall–Kier alpha value is -3.07. The third kappa shape index (κ3) is 4.99. The summed E-state index contributed by atoms with van der Waals surface area (Å²) in [5.41, 5.74) is 6.10. The number of ether oxygens (including phenoxy) is 1. The molecular formula is C28H31NO2. The molecule has 0 saturated heterocycles. The number of benzene rings is 3. The van der Waals surface area contributed by atoms with Crippen LogP contribution in [0.4, 0.5) is 0 Å². The molecule has 3 nitrogen and oxygen atoms in total. The smallest absolute Gasteiger partial charge is 0.261 e. The van der Waals surface area contributed by atoms with E-state index in [0.29, 0.717) is 6.42 Å². The second kappa shape index (κ2) is 9.82. The number of aryl methyl sites for hydroxylation is 3. The van der Waals surface area contributed by atoms with E-state index < -0.39 is 6.10 Å². The third-order valence-electron chi connectivity index (χ3n) is 6.18. The first-order valence-electron chi connectivity index (χ1n) is 11.3. The summed E-state index contributed by atoms with van der Waals surface area (Å²) in [4.78, 5) is 13.3. The van der Waals surface area contributed by atoms with Crippen LogP contribution in [0.5, 0.6) is 5.75 Å². The van der Waals surface area contributed by atoms with Crippen molar-refractivity contribution in [2.45, 2.75) is 58.1 Å². The molecule has 0 spiro atoms. The normalized spacial score (nSPS) is 14.9. The molecule has 4 rings (SSSR count). The fourth-order valence-corrected chi connectivity index (χ4v) is 4.40. The van der Waals surface area contributed by atoms with E-state index in [1.165, 1.54) is 24.0 Å². The highest BCUT2D eigenvalue weighted by molar-refractivity contribution is 5.82. The van der Waals surface area contributed by atoms with Crippen LogP contribution in [0.1, 0.15) is 60.0 Å². The van der Waals surface area contributed by atoms with Crippen molar-refractivity contribution >= 4 is 5.91 Å². The van der Waals surface area contributed by atoms with Gasteiger partial charge in [-0.1, -0.05) is 67.6 Å². The lowest BCUT2D eigenvalue weighted by atomic mass is 9.92. The van der Waals surface area contributed by atoms with Crippen molar-refractivity contribution in [3.05, 3.63) is 101 Å². The Bertz CT molecular complexity index is 1030. The Balaban J connectivity index is 1.55. The Morgan fingerprint density at radius 3 is 2.39 bits per heavy atom. The maximum absolute atomic E-state index is 13.3. The summed E-state index contributed by atoms with van der Waals surface area (Å²) >= 11 is 0. The Morgan fingerprint density at radius 2 is 1.65 bits per heavy atom. The molecule has 3 heteroatoms. The van der Waals surface area contributed by atoms with E-state index in [0.717, 1.165) is 35.3 Å². The molecule has 1 aliphatic rings. The minimum atomic E-state index is -0.531. The molecule has 0 saturated carbocycles. The zero-order valence-corrected chi connectivity index (χ0v) is 18.4. The highest BCUT2D eigenvalue weighted by Crippen LogP contribution is 2.28. The molecule has 0 bridgehead atoms. The SMILES string of the molecule is CC[C@H](Oc1ccc2c(c1)CCCC2)C(=O)N[C@@H](c1ccccc1)c1ccccc1C. The first-order chi connectivity index (χ1) is 15.2. The number of fused-ring (bicyclic) bond motifs is 1. The van der Waals surface area contributed by atoms with Crippen molar-refractivity contribution in [1.29, 1.82) is 0 Å². The molecule has 0 unspecified atom stereocenters. The van der Waals surface area contributed by atoms with Crippen LogP contribution in [0, 0.1) is 6.92 Å². The predicted molar refractivity (Wildman–Crippen MR) is 125 cm³/mol. The maximum Gasteiger partial charge on any atom is 0.261 e. The fraction of sp³-hybridized carbons (Fsp3) is 0.321. The summed E-state index contributed by atoms with van der Waals surface area (Å²) in [5.74, 6) is 0.701. The zero-order chi connectivity index (χ0) is 21.6. The lowest BCUT2D eigenvalue weighted by Gasteiger charge is -2.25. The van der Waals surface area contributed by atoms with Gasteiger partial charge in [0.25, 0.3) is 5.91 Å². The number of rotatable bonds is 7. The van der Waals surface area contributed by atoms with Crippen LogP contribution in [0.15, 0.2) is 72.8 Å². The summed E-state index contributed by atoms with van der Waals surface area (Å²) in [6.07, 6.45) is 4.80. The summed E-state index contributed by atoms with van der Waals surface area (Å²) in [6.45, 7) is 4.08. The molecule has 2 atom stereocenters. The van der Waals surface area contributed by atoms with E-state index >= 15 is 0 Å². The lowest BCUT2D eigenvalue weighted by molar-refractivity contribution is -0.128. The number of amides is 1. The summed E-state index contributed by atoms with van der Waals surface area (Å²) in [7, 11) is 0. The number of hydrogen-bond acceptors (Lipinski definition) is 2. The number of carbonyl (C=O) groups excluding carboxylic acids is 1. The van der Waals surface area contributed by atoms with E-state index in [-0.39, 0.29) is 11.9 Å². The van der Waals surface area contributed by atoms with Crippen LogP contribution in [-0.4, -0.2) is 12.0 Å². The van der Waals surface area contributed by atoms with Crippen LogP contribution in [0.25, 0.3) is 0 Å². The van der Waals surface area contributed by atoms with Gasteiger partial charge in [0.15, 0.2) is 6.10 Å². The van der Waals surface area contributed by atoms with Gasteiger partial charge in [0.2, 0.25) is 0 Å². The van der Waals surface area contributed by atoms with E-state index in [2.05, 4.69) is 48.6 Å². The van der Waals surface area contributed by atoms with Gasteiger partial charge in [-0.3, -0.25) is 4.79 Å². The van der Waals surface area contributed by atoms with Crippen LogP contribution >= 0.6 is 0 Å². The summed E-state index contributed by atoms with van der Waals surface area (Å²) in [5, 5.41) is 3.26. The van der Waals surface area contributed by atoms with Crippen LogP contribution in [0.3, 0.4) is 0 Å². The Morgan fingerprint density at radius 1 is 0.935 bits per heavy atom. The van der Waals surface area contributed by atoms with Crippen LogP contribution < -0.4 is 10.1 Å². The molecule has 1 N–H and O–H groups in total. The van der Waals surface area contributed by atoms with Gasteiger partial charge in [-0.05, 0) is 79.0 Å². The molecule has 0 heterocycles. The van der Waals surface area contributed by atoms with Crippen molar-refractivity contribution in [3.63, 3.8) is 0 Å². The van der Waals surface area contributed by atoms with Crippen molar-refractivity contribution in [1.82, 2.24) is 5.32 Å². The minimum absolute atomic E-state index is 0.0858. The zero-order valence-electron chi connectivity index (χ0n) is 18.4. The lowest BCUT2D eigenvalue weighted by Crippen LogP contribution is -2.40. The fourth-order valence-electron chi connectivity index (χ4n) is 4.40. The van der Waals surface area contributed by atoms with Crippen molar-refractivity contribution < 1.29 is 9.53 Å². The summed E-state index contributed by atoms with van der Waals surface area (Å²) < 4.78 is 6.18. The second-order valence-corrected chi connectivity index (χ2v) is 8.36. The standard InChI is InChI=1S/C28H31NO2/c1-3-26(31-24-18-17-21-12-8-9-15-23(21)19-24)28(30)29-27(22-13-5-4-6-14-22)25-16-10-7-11-20(25)2/h4-7,10-11,13-14,16-19,26-27H,3,8-9,12,15H2,1-2H3,(H,29,30)/t26-,27-/m0/s1.